The summed E-state index contributed by atoms with van der Waals surface area (Å²) in [5, 5.41) is 11.0. The van der Waals surface area contributed by atoms with Gasteiger partial charge in [-0.25, -0.2) is 9.17 Å². The van der Waals surface area contributed by atoms with Crippen LogP contribution in [0.15, 0.2) is 24.4 Å². The third kappa shape index (κ3) is 3.23. The van der Waals surface area contributed by atoms with Gasteiger partial charge in [0.25, 0.3) is 5.69 Å². The van der Waals surface area contributed by atoms with E-state index in [1.54, 1.807) is 19.4 Å². The summed E-state index contributed by atoms with van der Waals surface area (Å²) < 4.78 is 13.8. The fourth-order valence-corrected chi connectivity index (χ4v) is 2.57. The normalized spacial score (nSPS) is 10.4. The number of carbonyl (C=O) groups excluding carboxylic acids is 1. The van der Waals surface area contributed by atoms with Gasteiger partial charge in [-0.15, -0.1) is 0 Å². The number of hydrogen-bond acceptors (Lipinski definition) is 7. The lowest BCUT2D eigenvalue weighted by Crippen LogP contribution is -2.03. The van der Waals surface area contributed by atoms with Crippen molar-refractivity contribution >= 4 is 23.2 Å². The zero-order valence-electron chi connectivity index (χ0n) is 11.4. The molecule has 1 heterocycles. The maximum atomic E-state index is 11.6. The Bertz CT molecular complexity index is 683. The molecule has 0 atom stereocenters. The van der Waals surface area contributed by atoms with Crippen LogP contribution < -0.4 is 0 Å². The standard InChI is InChI=1S/C13H12N2O5S/c1-19-7-12-11(6-14-21-12)8-3-9(13(16)20-2)5-10(4-8)15(17)18/h3-6H,7H2,1-2H3. The second-order valence-electron chi connectivity index (χ2n) is 4.11. The minimum atomic E-state index is -0.628. The fraction of sp³-hybridized carbons (Fsp3) is 0.231. The molecule has 1 aromatic heterocycles. The van der Waals surface area contributed by atoms with Crippen LogP contribution in [0.4, 0.5) is 5.69 Å². The average molecular weight is 308 g/mol. The minimum Gasteiger partial charge on any atom is -0.465 e. The molecule has 0 aliphatic rings. The molecule has 7 nitrogen and oxygen atoms in total. The summed E-state index contributed by atoms with van der Waals surface area (Å²) in [6.07, 6.45) is 1.60. The van der Waals surface area contributed by atoms with E-state index in [-0.39, 0.29) is 11.3 Å². The number of aromatic nitrogens is 1. The monoisotopic (exact) mass is 308 g/mol. The molecule has 8 heteroatoms. The molecule has 0 bridgehead atoms. The summed E-state index contributed by atoms with van der Waals surface area (Å²) >= 11 is 1.24. The first kappa shape index (κ1) is 15.1. The molecule has 110 valence electrons. The Kier molecular flexibility index (Phi) is 4.61. The number of non-ortho nitro benzene ring substituents is 1. The predicted molar refractivity (Wildman–Crippen MR) is 76.3 cm³/mol. The van der Waals surface area contributed by atoms with Crippen LogP contribution in [0.2, 0.25) is 0 Å². The molecule has 21 heavy (non-hydrogen) atoms. The zero-order chi connectivity index (χ0) is 15.4. The molecular weight excluding hydrogens is 296 g/mol. The van der Waals surface area contributed by atoms with Gasteiger partial charge in [0, 0.05) is 31.0 Å². The van der Waals surface area contributed by atoms with E-state index in [4.69, 9.17) is 4.74 Å². The number of rotatable bonds is 5. The summed E-state index contributed by atoms with van der Waals surface area (Å²) in [6, 6.07) is 4.13. The van der Waals surface area contributed by atoms with Crippen molar-refractivity contribution < 1.29 is 19.2 Å². The Hall–Kier alpha value is -2.32. The molecule has 0 aliphatic heterocycles. The topological polar surface area (TPSA) is 91.6 Å². The first-order chi connectivity index (χ1) is 10.1. The maximum Gasteiger partial charge on any atom is 0.338 e. The van der Waals surface area contributed by atoms with Gasteiger partial charge in [0.15, 0.2) is 0 Å². The number of methoxy groups -OCH3 is 2. The Balaban J connectivity index is 2.56. The van der Waals surface area contributed by atoms with E-state index in [0.29, 0.717) is 17.7 Å². The molecule has 0 fully saturated rings. The lowest BCUT2D eigenvalue weighted by Gasteiger charge is -2.05. The van der Waals surface area contributed by atoms with Gasteiger partial charge in [0.2, 0.25) is 0 Å². The lowest BCUT2D eigenvalue weighted by molar-refractivity contribution is -0.384. The summed E-state index contributed by atoms with van der Waals surface area (Å²) in [6.45, 7) is 0.344. The first-order valence-electron chi connectivity index (χ1n) is 5.87. The van der Waals surface area contributed by atoms with Gasteiger partial charge in [-0.1, -0.05) is 0 Å². The SMILES string of the molecule is COCc1sncc1-c1cc(C(=O)OC)cc([N+](=O)[O-])c1. The van der Waals surface area contributed by atoms with Crippen LogP contribution in [0.1, 0.15) is 15.2 Å². The van der Waals surface area contributed by atoms with E-state index in [2.05, 4.69) is 9.11 Å². The molecule has 0 saturated heterocycles. The number of nitro groups is 1. The predicted octanol–water partition coefficient (Wildman–Crippen LogP) is 2.65. The van der Waals surface area contributed by atoms with Gasteiger partial charge in [-0.3, -0.25) is 10.1 Å². The Morgan fingerprint density at radius 3 is 2.76 bits per heavy atom. The summed E-state index contributed by atoms with van der Waals surface area (Å²) in [7, 11) is 2.78. The molecular formula is C13H12N2O5S. The van der Waals surface area contributed by atoms with Crippen molar-refractivity contribution in [1.82, 2.24) is 4.37 Å². The summed E-state index contributed by atoms with van der Waals surface area (Å²) in [5.74, 6) is -0.628. The Morgan fingerprint density at radius 2 is 2.14 bits per heavy atom. The van der Waals surface area contributed by atoms with Crippen molar-refractivity contribution in [2.75, 3.05) is 14.2 Å². The maximum absolute atomic E-state index is 11.6. The molecule has 0 unspecified atom stereocenters. The van der Waals surface area contributed by atoms with E-state index >= 15 is 0 Å². The smallest absolute Gasteiger partial charge is 0.338 e. The number of benzene rings is 1. The van der Waals surface area contributed by atoms with Crippen LogP contribution in [0.25, 0.3) is 11.1 Å². The molecule has 0 spiro atoms. The molecule has 0 saturated carbocycles. The number of nitrogens with zero attached hydrogens (tertiary/aromatic N) is 2. The molecule has 0 amide bonds. The highest BCUT2D eigenvalue weighted by Gasteiger charge is 2.18. The van der Waals surface area contributed by atoms with Crippen molar-refractivity contribution in [3.05, 3.63) is 45.0 Å². The van der Waals surface area contributed by atoms with Gasteiger partial charge < -0.3 is 9.47 Å². The van der Waals surface area contributed by atoms with Gasteiger partial charge in [-0.2, -0.15) is 0 Å². The fourth-order valence-electron chi connectivity index (χ4n) is 1.84. The second kappa shape index (κ2) is 6.42. The van der Waals surface area contributed by atoms with Crippen LogP contribution >= 0.6 is 11.5 Å². The minimum absolute atomic E-state index is 0.122. The highest BCUT2D eigenvalue weighted by atomic mass is 32.1. The van der Waals surface area contributed by atoms with E-state index in [0.717, 1.165) is 4.88 Å². The third-order valence-corrected chi connectivity index (χ3v) is 3.55. The number of ether oxygens (including phenoxy) is 2. The zero-order valence-corrected chi connectivity index (χ0v) is 12.2. The second-order valence-corrected chi connectivity index (χ2v) is 5.00. The van der Waals surface area contributed by atoms with Crippen LogP contribution in [0.3, 0.4) is 0 Å². The number of carbonyl (C=O) groups is 1. The van der Waals surface area contributed by atoms with Crippen molar-refractivity contribution in [3.63, 3.8) is 0 Å². The molecule has 2 aromatic rings. The number of esters is 1. The Morgan fingerprint density at radius 1 is 1.38 bits per heavy atom. The quantitative estimate of drug-likeness (QED) is 0.479. The van der Waals surface area contributed by atoms with Gasteiger partial charge in [0.1, 0.15) is 0 Å². The largest absolute Gasteiger partial charge is 0.465 e. The average Bonchev–Trinajstić information content (AvgIpc) is 2.94. The van der Waals surface area contributed by atoms with Crippen molar-refractivity contribution in [1.29, 1.82) is 0 Å². The number of nitro benzene ring substituents is 1. The molecule has 0 radical (unpaired) electrons. The summed E-state index contributed by atoms with van der Waals surface area (Å²) in [4.78, 5) is 22.9. The van der Waals surface area contributed by atoms with E-state index < -0.39 is 10.9 Å². The van der Waals surface area contributed by atoms with Crippen LogP contribution in [-0.2, 0) is 16.1 Å². The number of hydrogen-bond donors (Lipinski definition) is 0. The third-order valence-electron chi connectivity index (χ3n) is 2.78. The van der Waals surface area contributed by atoms with Gasteiger partial charge >= 0.3 is 5.97 Å². The van der Waals surface area contributed by atoms with Gasteiger partial charge in [0.05, 0.1) is 29.1 Å². The molecule has 0 N–H and O–H groups in total. The van der Waals surface area contributed by atoms with E-state index in [1.165, 1.54) is 30.8 Å². The Labute approximate surface area is 124 Å². The molecule has 2 rings (SSSR count). The van der Waals surface area contributed by atoms with E-state index in [9.17, 15) is 14.9 Å². The summed E-state index contributed by atoms with van der Waals surface area (Å²) in [5.41, 5.74) is 1.18. The van der Waals surface area contributed by atoms with Crippen LogP contribution in [0, 0.1) is 10.1 Å². The van der Waals surface area contributed by atoms with Crippen molar-refractivity contribution in [2.45, 2.75) is 6.61 Å². The highest BCUT2D eigenvalue weighted by Crippen LogP contribution is 2.31. The highest BCUT2D eigenvalue weighted by molar-refractivity contribution is 7.06. The van der Waals surface area contributed by atoms with E-state index in [1.807, 2.05) is 0 Å². The molecule has 1 aromatic carbocycles. The van der Waals surface area contributed by atoms with Crippen LogP contribution in [-0.4, -0.2) is 29.5 Å². The van der Waals surface area contributed by atoms with Crippen LogP contribution in [0.5, 0.6) is 0 Å². The molecule has 0 aliphatic carbocycles. The van der Waals surface area contributed by atoms with Crippen molar-refractivity contribution in [2.24, 2.45) is 0 Å². The van der Waals surface area contributed by atoms with Gasteiger partial charge in [-0.05, 0) is 23.2 Å². The van der Waals surface area contributed by atoms with Crippen molar-refractivity contribution in [3.8, 4) is 11.1 Å². The first-order valence-corrected chi connectivity index (χ1v) is 6.64. The lowest BCUT2D eigenvalue weighted by atomic mass is 10.0.